The van der Waals surface area contributed by atoms with Crippen molar-refractivity contribution in [1.29, 1.82) is 0 Å². The fourth-order valence-corrected chi connectivity index (χ4v) is 1.60. The van der Waals surface area contributed by atoms with Crippen LogP contribution in [0.2, 0.25) is 0 Å². The van der Waals surface area contributed by atoms with Gasteiger partial charge in [0, 0.05) is 24.8 Å². The molecular formula is C12H18N4O3. The minimum atomic E-state index is -0.248. The van der Waals surface area contributed by atoms with Crippen LogP contribution in [0.25, 0.3) is 0 Å². The van der Waals surface area contributed by atoms with E-state index in [1.54, 1.807) is 6.07 Å². The zero-order chi connectivity index (χ0) is 14.3. The number of hydrogen-bond acceptors (Lipinski definition) is 5. The molecule has 1 aromatic rings. The van der Waals surface area contributed by atoms with Gasteiger partial charge in [0.2, 0.25) is 0 Å². The molecule has 0 spiro atoms. The molecule has 0 unspecified atom stereocenters. The van der Waals surface area contributed by atoms with Crippen LogP contribution < -0.4 is 5.73 Å². The van der Waals surface area contributed by atoms with Gasteiger partial charge in [-0.25, -0.2) is 0 Å². The first-order chi connectivity index (χ1) is 9.13. The van der Waals surface area contributed by atoms with Crippen LogP contribution in [0.4, 0.5) is 0 Å². The van der Waals surface area contributed by atoms with Crippen LogP contribution >= 0.6 is 0 Å². The van der Waals surface area contributed by atoms with Gasteiger partial charge in [-0.05, 0) is 18.6 Å². The van der Waals surface area contributed by atoms with E-state index < -0.39 is 0 Å². The summed E-state index contributed by atoms with van der Waals surface area (Å²) in [5.41, 5.74) is 6.10. The fourth-order valence-electron chi connectivity index (χ4n) is 1.60. The summed E-state index contributed by atoms with van der Waals surface area (Å²) in [6.07, 6.45) is 2.17. The van der Waals surface area contributed by atoms with E-state index in [1.165, 1.54) is 17.2 Å². The number of nitrogens with two attached hydrogens (primary N) is 1. The predicted octanol–water partition coefficient (Wildman–Crippen LogP) is 0.0206. The van der Waals surface area contributed by atoms with Crippen molar-refractivity contribution in [2.45, 2.75) is 13.3 Å². The van der Waals surface area contributed by atoms with Crippen LogP contribution in [0.1, 0.15) is 29.4 Å². The molecule has 0 aliphatic heterocycles. The molecule has 7 nitrogen and oxygen atoms in total. The van der Waals surface area contributed by atoms with Gasteiger partial charge >= 0.3 is 0 Å². The van der Waals surface area contributed by atoms with Crippen molar-refractivity contribution >= 4 is 11.7 Å². The van der Waals surface area contributed by atoms with E-state index in [0.717, 1.165) is 6.42 Å². The molecule has 0 atom stereocenters. The van der Waals surface area contributed by atoms with Crippen molar-refractivity contribution in [2.24, 2.45) is 10.9 Å². The van der Waals surface area contributed by atoms with E-state index in [9.17, 15) is 4.79 Å². The van der Waals surface area contributed by atoms with Gasteiger partial charge < -0.3 is 20.9 Å². The Balaban J connectivity index is 2.87. The Labute approximate surface area is 111 Å². The number of amides is 1. The lowest BCUT2D eigenvalue weighted by molar-refractivity contribution is 0.0716. The van der Waals surface area contributed by atoms with Crippen LogP contribution in [0.15, 0.2) is 23.5 Å². The Morgan fingerprint density at radius 3 is 2.68 bits per heavy atom. The summed E-state index contributed by atoms with van der Waals surface area (Å²) in [4.78, 5) is 17.6. The van der Waals surface area contributed by atoms with Crippen molar-refractivity contribution in [1.82, 2.24) is 9.88 Å². The minimum absolute atomic E-state index is 0.0627. The number of pyridine rings is 1. The van der Waals surface area contributed by atoms with E-state index in [0.29, 0.717) is 12.1 Å². The van der Waals surface area contributed by atoms with Gasteiger partial charge in [-0.15, -0.1) is 0 Å². The summed E-state index contributed by atoms with van der Waals surface area (Å²) in [6, 6.07) is 3.06. The quantitative estimate of drug-likeness (QED) is 0.291. The molecule has 0 saturated heterocycles. The standard InChI is InChI=1S/C12H18N4O3/c1-2-5-16(6-7-17)12(18)10-4-3-9(8-14-10)11(13)15-19/h3-4,8,17,19H,2,5-7H2,1H3,(H2,13,15). The maximum atomic E-state index is 12.1. The summed E-state index contributed by atoms with van der Waals surface area (Å²) in [7, 11) is 0. The highest BCUT2D eigenvalue weighted by atomic mass is 16.4. The van der Waals surface area contributed by atoms with Crippen LogP contribution in [0.3, 0.4) is 0 Å². The van der Waals surface area contributed by atoms with E-state index in [4.69, 9.17) is 16.0 Å². The Bertz CT molecular complexity index is 439. The second-order valence-electron chi connectivity index (χ2n) is 3.93. The SMILES string of the molecule is CCCN(CCO)C(=O)c1ccc(C(N)=NO)cn1. The Morgan fingerprint density at radius 2 is 2.21 bits per heavy atom. The van der Waals surface area contributed by atoms with Gasteiger partial charge in [-0.3, -0.25) is 9.78 Å². The molecule has 1 amide bonds. The minimum Gasteiger partial charge on any atom is -0.409 e. The molecule has 0 aromatic carbocycles. The monoisotopic (exact) mass is 266 g/mol. The molecule has 0 bridgehead atoms. The van der Waals surface area contributed by atoms with Crippen molar-refractivity contribution < 1.29 is 15.1 Å². The molecule has 0 aliphatic carbocycles. The molecule has 4 N–H and O–H groups in total. The predicted molar refractivity (Wildman–Crippen MR) is 70.0 cm³/mol. The van der Waals surface area contributed by atoms with Gasteiger partial charge in [0.05, 0.1) is 6.61 Å². The average molecular weight is 266 g/mol. The number of oxime groups is 1. The lowest BCUT2D eigenvalue weighted by Gasteiger charge is -2.20. The average Bonchev–Trinajstić information content (AvgIpc) is 2.45. The fraction of sp³-hybridized carbons (Fsp3) is 0.417. The molecule has 1 rings (SSSR count). The number of nitrogens with zero attached hydrogens (tertiary/aromatic N) is 3. The highest BCUT2D eigenvalue weighted by Crippen LogP contribution is 2.05. The number of rotatable bonds is 6. The van der Waals surface area contributed by atoms with Gasteiger partial charge in [0.25, 0.3) is 5.91 Å². The number of carbonyl (C=O) groups excluding carboxylic acids is 1. The molecule has 0 fully saturated rings. The van der Waals surface area contributed by atoms with Crippen molar-refractivity contribution in [2.75, 3.05) is 19.7 Å². The van der Waals surface area contributed by atoms with Gasteiger partial charge in [0.1, 0.15) is 5.69 Å². The number of hydrogen-bond donors (Lipinski definition) is 3. The highest BCUT2D eigenvalue weighted by molar-refractivity contribution is 5.98. The molecule has 19 heavy (non-hydrogen) atoms. The van der Waals surface area contributed by atoms with E-state index in [1.807, 2.05) is 6.92 Å². The molecule has 0 aliphatic rings. The molecule has 1 heterocycles. The van der Waals surface area contributed by atoms with Crippen molar-refractivity contribution in [3.8, 4) is 0 Å². The summed E-state index contributed by atoms with van der Waals surface area (Å²) in [6.45, 7) is 2.69. The maximum Gasteiger partial charge on any atom is 0.272 e. The summed E-state index contributed by atoms with van der Waals surface area (Å²) >= 11 is 0. The topological polar surface area (TPSA) is 112 Å². The first-order valence-corrected chi connectivity index (χ1v) is 5.98. The van der Waals surface area contributed by atoms with Gasteiger partial charge in [0.15, 0.2) is 5.84 Å². The molecule has 0 saturated carbocycles. The number of carbonyl (C=O) groups is 1. The third-order valence-corrected chi connectivity index (χ3v) is 2.54. The highest BCUT2D eigenvalue weighted by Gasteiger charge is 2.15. The Kier molecular flexibility index (Phi) is 5.74. The molecule has 104 valence electrons. The van der Waals surface area contributed by atoms with E-state index in [-0.39, 0.29) is 30.6 Å². The lowest BCUT2D eigenvalue weighted by atomic mass is 10.2. The molecule has 7 heteroatoms. The summed E-state index contributed by atoms with van der Waals surface area (Å²) in [5.74, 6) is -0.311. The third kappa shape index (κ3) is 3.92. The molecule has 0 radical (unpaired) electrons. The molecule has 1 aromatic heterocycles. The lowest BCUT2D eigenvalue weighted by Crippen LogP contribution is -2.34. The smallest absolute Gasteiger partial charge is 0.272 e. The van der Waals surface area contributed by atoms with Gasteiger partial charge in [-0.2, -0.15) is 0 Å². The van der Waals surface area contributed by atoms with Crippen LogP contribution in [-0.2, 0) is 0 Å². The second-order valence-corrected chi connectivity index (χ2v) is 3.93. The van der Waals surface area contributed by atoms with Crippen LogP contribution in [0.5, 0.6) is 0 Å². The number of amidine groups is 1. The number of aliphatic hydroxyl groups excluding tert-OH is 1. The Morgan fingerprint density at radius 1 is 1.47 bits per heavy atom. The third-order valence-electron chi connectivity index (χ3n) is 2.54. The van der Waals surface area contributed by atoms with E-state index >= 15 is 0 Å². The largest absolute Gasteiger partial charge is 0.409 e. The van der Waals surface area contributed by atoms with Crippen LogP contribution in [-0.4, -0.2) is 51.6 Å². The zero-order valence-electron chi connectivity index (χ0n) is 10.8. The first kappa shape index (κ1) is 14.9. The van der Waals surface area contributed by atoms with Crippen molar-refractivity contribution in [3.63, 3.8) is 0 Å². The zero-order valence-corrected chi connectivity index (χ0v) is 10.8. The number of aromatic nitrogens is 1. The molecular weight excluding hydrogens is 248 g/mol. The summed E-state index contributed by atoms with van der Waals surface area (Å²) in [5, 5.41) is 20.3. The summed E-state index contributed by atoms with van der Waals surface area (Å²) < 4.78 is 0. The van der Waals surface area contributed by atoms with E-state index in [2.05, 4.69) is 10.1 Å². The number of aliphatic hydroxyl groups is 1. The van der Waals surface area contributed by atoms with Crippen LogP contribution in [0, 0.1) is 0 Å². The normalized spacial score (nSPS) is 11.4. The first-order valence-electron chi connectivity index (χ1n) is 5.98. The van der Waals surface area contributed by atoms with Crippen molar-refractivity contribution in [3.05, 3.63) is 29.6 Å². The van der Waals surface area contributed by atoms with Gasteiger partial charge in [-0.1, -0.05) is 12.1 Å². The Hall–Kier alpha value is -2.15. The second kappa shape index (κ2) is 7.32. The maximum absolute atomic E-state index is 12.1.